The second kappa shape index (κ2) is 8.46. The van der Waals surface area contributed by atoms with Gasteiger partial charge in [-0.25, -0.2) is 4.79 Å². The molecular weight excluding hydrogens is 379 g/mol. The lowest BCUT2D eigenvalue weighted by Crippen LogP contribution is -2.32. The summed E-state index contributed by atoms with van der Waals surface area (Å²) in [4.78, 5) is 11.9. The second-order valence-corrected chi connectivity index (χ2v) is 10.2. The number of ether oxygens (including phenoxy) is 1. The lowest BCUT2D eigenvalue weighted by atomic mass is 10.4. The molecule has 0 spiro atoms. The molecule has 0 radical (unpaired) electrons. The van der Waals surface area contributed by atoms with E-state index in [1.165, 1.54) is 23.0 Å². The van der Waals surface area contributed by atoms with Crippen molar-refractivity contribution in [1.82, 2.24) is 0 Å². The van der Waals surface area contributed by atoms with Crippen LogP contribution in [0.1, 0.15) is 16.3 Å². The van der Waals surface area contributed by atoms with Crippen LogP contribution in [0.15, 0.2) is 108 Å². The zero-order valence-electron chi connectivity index (χ0n) is 16.2. The van der Waals surface area contributed by atoms with Crippen LogP contribution in [0.4, 0.5) is 0 Å². The molecule has 3 aromatic carbocycles. The van der Waals surface area contributed by atoms with Crippen molar-refractivity contribution in [2.75, 3.05) is 7.11 Å². The molecule has 0 aliphatic heterocycles. The molecule has 0 N–H and O–H groups in total. The zero-order chi connectivity index (χ0) is 20.1. The first-order valence-electron chi connectivity index (χ1n) is 9.46. The van der Waals surface area contributed by atoms with E-state index in [4.69, 9.17) is 9.15 Å². The highest BCUT2D eigenvalue weighted by molar-refractivity contribution is 7.95. The zero-order valence-corrected chi connectivity index (χ0v) is 17.1. The molecule has 0 unspecified atom stereocenters. The summed E-state index contributed by atoms with van der Waals surface area (Å²) in [6.45, 7) is 0. The van der Waals surface area contributed by atoms with Gasteiger partial charge >= 0.3 is 5.97 Å². The summed E-state index contributed by atoms with van der Waals surface area (Å²) in [6, 6.07) is 35.3. The lowest BCUT2D eigenvalue weighted by Gasteiger charge is -2.26. The maximum Gasteiger partial charge on any atom is 0.373 e. The van der Waals surface area contributed by atoms with E-state index in [0.717, 1.165) is 5.76 Å². The van der Waals surface area contributed by atoms with Crippen LogP contribution in [0.5, 0.6) is 0 Å². The standard InChI is InChI=1S/C25H22O3P/c1-27-25(26)24-18-17-20(28-24)19-29(21-11-5-2-6-12-21,22-13-7-3-8-14-22)23-15-9-4-10-16-23/h2-18H,19H2,1H3/q+1. The molecule has 0 saturated carbocycles. The Kier molecular flexibility index (Phi) is 5.59. The van der Waals surface area contributed by atoms with Crippen LogP contribution < -0.4 is 15.9 Å². The van der Waals surface area contributed by atoms with Crippen molar-refractivity contribution in [2.24, 2.45) is 0 Å². The first kappa shape index (κ1) is 19.2. The Morgan fingerprint density at radius 2 is 1.17 bits per heavy atom. The first-order chi connectivity index (χ1) is 14.2. The molecule has 0 bridgehead atoms. The van der Waals surface area contributed by atoms with Crippen molar-refractivity contribution in [3.05, 3.63) is 115 Å². The van der Waals surface area contributed by atoms with Crippen molar-refractivity contribution < 1.29 is 13.9 Å². The highest BCUT2D eigenvalue weighted by atomic mass is 31.2. The molecule has 0 fully saturated rings. The SMILES string of the molecule is COC(=O)c1ccc(C[P+](c2ccccc2)(c2ccccc2)c2ccccc2)o1. The van der Waals surface area contributed by atoms with E-state index < -0.39 is 13.2 Å². The van der Waals surface area contributed by atoms with Crippen LogP contribution in [0.3, 0.4) is 0 Å². The van der Waals surface area contributed by atoms with Crippen LogP contribution in [-0.2, 0) is 10.9 Å². The molecular formula is C25H22O3P+. The summed E-state index contributed by atoms with van der Waals surface area (Å²) in [7, 11) is -0.686. The Hall–Kier alpha value is -3.16. The maximum atomic E-state index is 11.9. The summed E-state index contributed by atoms with van der Waals surface area (Å²) in [6.07, 6.45) is 0.683. The van der Waals surface area contributed by atoms with Crippen molar-refractivity contribution in [2.45, 2.75) is 6.16 Å². The highest BCUT2D eigenvalue weighted by Crippen LogP contribution is 2.58. The van der Waals surface area contributed by atoms with Gasteiger partial charge in [0, 0.05) is 0 Å². The van der Waals surface area contributed by atoms with Gasteiger partial charge in [-0.15, -0.1) is 0 Å². The number of hydrogen-bond acceptors (Lipinski definition) is 3. The smallest absolute Gasteiger partial charge is 0.373 e. The van der Waals surface area contributed by atoms with Crippen LogP contribution in [0.25, 0.3) is 0 Å². The molecule has 0 atom stereocenters. The van der Waals surface area contributed by atoms with Crippen LogP contribution >= 0.6 is 7.26 Å². The number of esters is 1. The van der Waals surface area contributed by atoms with E-state index in [1.54, 1.807) is 6.07 Å². The van der Waals surface area contributed by atoms with Gasteiger partial charge in [0.25, 0.3) is 0 Å². The molecule has 4 rings (SSSR count). The second-order valence-electron chi connectivity index (χ2n) is 6.73. The topological polar surface area (TPSA) is 39.4 Å². The molecule has 4 heteroatoms. The minimum absolute atomic E-state index is 0.231. The third-order valence-corrected chi connectivity index (χ3v) is 9.36. The number of furan rings is 1. The summed E-state index contributed by atoms with van der Waals surface area (Å²) >= 11 is 0. The van der Waals surface area contributed by atoms with E-state index in [-0.39, 0.29) is 5.76 Å². The molecule has 1 aromatic heterocycles. The summed E-state index contributed by atoms with van der Waals surface area (Å²) in [5.41, 5.74) is 0. The molecule has 1 heterocycles. The fourth-order valence-electron chi connectivity index (χ4n) is 3.68. The third kappa shape index (κ3) is 3.74. The third-order valence-electron chi connectivity index (χ3n) is 5.03. The van der Waals surface area contributed by atoms with Gasteiger partial charge < -0.3 is 9.15 Å². The average Bonchev–Trinajstić information content (AvgIpc) is 3.27. The summed E-state index contributed by atoms with van der Waals surface area (Å²) in [5, 5.41) is 3.82. The van der Waals surface area contributed by atoms with E-state index in [0.29, 0.717) is 6.16 Å². The van der Waals surface area contributed by atoms with E-state index >= 15 is 0 Å². The monoisotopic (exact) mass is 401 g/mol. The van der Waals surface area contributed by atoms with Crippen molar-refractivity contribution in [3.8, 4) is 0 Å². The predicted molar refractivity (Wildman–Crippen MR) is 119 cm³/mol. The number of benzene rings is 3. The minimum atomic E-state index is -2.05. The Morgan fingerprint density at radius 1 is 0.724 bits per heavy atom. The van der Waals surface area contributed by atoms with E-state index in [9.17, 15) is 4.79 Å². The number of hydrogen-bond donors (Lipinski definition) is 0. The van der Waals surface area contributed by atoms with Crippen molar-refractivity contribution >= 4 is 29.1 Å². The van der Waals surface area contributed by atoms with Gasteiger partial charge in [0.2, 0.25) is 5.76 Å². The summed E-state index contributed by atoms with van der Waals surface area (Å²) < 4.78 is 10.7. The van der Waals surface area contributed by atoms with Crippen molar-refractivity contribution in [3.63, 3.8) is 0 Å². The maximum absolute atomic E-state index is 11.9. The number of rotatable bonds is 6. The number of carbonyl (C=O) groups excluding carboxylic acids is 1. The first-order valence-corrected chi connectivity index (χ1v) is 11.4. The largest absolute Gasteiger partial charge is 0.463 e. The fraction of sp³-hybridized carbons (Fsp3) is 0.0800. The van der Waals surface area contributed by atoms with Gasteiger partial charge in [0.05, 0.1) is 7.11 Å². The van der Waals surface area contributed by atoms with E-state index in [2.05, 4.69) is 72.8 Å². The van der Waals surface area contributed by atoms with E-state index in [1.807, 2.05) is 24.3 Å². The van der Waals surface area contributed by atoms with Gasteiger partial charge in [0.1, 0.15) is 35.1 Å². The predicted octanol–water partition coefficient (Wildman–Crippen LogP) is 4.56. The van der Waals surface area contributed by atoms with Gasteiger partial charge in [-0.05, 0) is 48.5 Å². The molecule has 144 valence electrons. The molecule has 0 aliphatic rings. The summed E-state index contributed by atoms with van der Waals surface area (Å²) in [5.74, 6) is 0.546. The lowest BCUT2D eigenvalue weighted by molar-refractivity contribution is 0.0563. The minimum Gasteiger partial charge on any atom is -0.463 e. The Labute approximate surface area is 171 Å². The Bertz CT molecular complexity index is 976. The van der Waals surface area contributed by atoms with Gasteiger partial charge in [-0.3, -0.25) is 0 Å². The molecule has 4 aromatic rings. The van der Waals surface area contributed by atoms with Gasteiger partial charge in [-0.2, -0.15) is 0 Å². The molecule has 0 aliphatic carbocycles. The quantitative estimate of drug-likeness (QED) is 0.351. The highest BCUT2D eigenvalue weighted by Gasteiger charge is 2.46. The number of methoxy groups -OCH3 is 1. The van der Waals surface area contributed by atoms with Gasteiger partial charge in [0.15, 0.2) is 0 Å². The fourth-order valence-corrected chi connectivity index (χ4v) is 7.80. The van der Waals surface area contributed by atoms with Crippen molar-refractivity contribution in [1.29, 1.82) is 0 Å². The molecule has 29 heavy (non-hydrogen) atoms. The van der Waals surface area contributed by atoms with Gasteiger partial charge in [-0.1, -0.05) is 54.6 Å². The number of carbonyl (C=O) groups is 1. The van der Waals surface area contributed by atoms with Crippen LogP contribution in [-0.4, -0.2) is 13.1 Å². The van der Waals surface area contributed by atoms with Crippen LogP contribution in [0, 0.1) is 0 Å². The normalized spacial score (nSPS) is 11.2. The average molecular weight is 401 g/mol. The Balaban J connectivity index is 1.93. The van der Waals surface area contributed by atoms with Crippen LogP contribution in [0.2, 0.25) is 0 Å². The molecule has 0 amide bonds. The molecule has 3 nitrogen and oxygen atoms in total. The molecule has 0 saturated heterocycles. The Morgan fingerprint density at radius 3 is 1.59 bits per heavy atom.